The molecular weight excluding hydrogens is 372 g/mol. The number of nitrogens with zero attached hydrogens (tertiary/aromatic N) is 2. The fourth-order valence-corrected chi connectivity index (χ4v) is 3.52. The summed E-state index contributed by atoms with van der Waals surface area (Å²) in [4.78, 5) is 0. The average Bonchev–Trinajstić information content (AvgIpc) is 2.62. The zero-order valence-corrected chi connectivity index (χ0v) is 16.8. The lowest BCUT2D eigenvalue weighted by molar-refractivity contribution is 0.575. The van der Waals surface area contributed by atoms with Crippen molar-refractivity contribution in [3.05, 3.63) is 41.6 Å². The van der Waals surface area contributed by atoms with Crippen LogP contribution in [0.2, 0.25) is 5.15 Å². The van der Waals surface area contributed by atoms with Crippen LogP contribution in [0.15, 0.2) is 36.4 Å². The highest BCUT2D eigenvalue weighted by Gasteiger charge is 2.12. The second kappa shape index (κ2) is 11.4. The first kappa shape index (κ1) is 20.1. The summed E-state index contributed by atoms with van der Waals surface area (Å²) in [7, 11) is 0. The molecule has 0 fully saturated rings. The van der Waals surface area contributed by atoms with Crippen molar-refractivity contribution in [2.24, 2.45) is 0 Å². The molecule has 1 heterocycles. The van der Waals surface area contributed by atoms with E-state index in [2.05, 4.69) is 17.1 Å². The molecule has 0 saturated carbocycles. The molecule has 0 aliphatic carbocycles. The average molecular weight is 395 g/mol. The summed E-state index contributed by atoms with van der Waals surface area (Å²) >= 11 is 12.9. The summed E-state index contributed by atoms with van der Waals surface area (Å²) in [5.74, 6) is 1.52. The highest BCUT2D eigenvalue weighted by Crippen LogP contribution is 2.30. The SMILES string of the molecule is CCCCCCCCSC(=S)Oc1cc(Cl)nnc1-c1ccccc1. The van der Waals surface area contributed by atoms with Crippen molar-refractivity contribution < 1.29 is 4.74 Å². The highest BCUT2D eigenvalue weighted by molar-refractivity contribution is 8.22. The molecule has 0 spiro atoms. The summed E-state index contributed by atoms with van der Waals surface area (Å²) < 4.78 is 6.33. The second-order valence-electron chi connectivity index (χ2n) is 5.71. The molecule has 2 aromatic rings. The number of hydrogen-bond donors (Lipinski definition) is 0. The Balaban J connectivity index is 1.87. The van der Waals surface area contributed by atoms with Gasteiger partial charge in [-0.3, -0.25) is 0 Å². The summed E-state index contributed by atoms with van der Waals surface area (Å²) in [6.45, 7) is 2.23. The number of halogens is 1. The van der Waals surface area contributed by atoms with Gasteiger partial charge in [0, 0.05) is 17.4 Å². The van der Waals surface area contributed by atoms with Gasteiger partial charge in [0.05, 0.1) is 0 Å². The van der Waals surface area contributed by atoms with Crippen molar-refractivity contribution in [3.8, 4) is 17.0 Å². The third-order valence-electron chi connectivity index (χ3n) is 3.69. The summed E-state index contributed by atoms with van der Waals surface area (Å²) in [5, 5.41) is 8.37. The second-order valence-corrected chi connectivity index (χ2v) is 7.80. The van der Waals surface area contributed by atoms with Crippen molar-refractivity contribution in [1.82, 2.24) is 10.2 Å². The van der Waals surface area contributed by atoms with E-state index in [-0.39, 0.29) is 0 Å². The van der Waals surface area contributed by atoms with Crippen molar-refractivity contribution in [3.63, 3.8) is 0 Å². The largest absolute Gasteiger partial charge is 0.437 e. The van der Waals surface area contributed by atoms with E-state index in [1.807, 2.05) is 30.3 Å². The summed E-state index contributed by atoms with van der Waals surface area (Å²) in [6.07, 6.45) is 7.62. The van der Waals surface area contributed by atoms with Crippen LogP contribution >= 0.6 is 35.6 Å². The van der Waals surface area contributed by atoms with Crippen LogP contribution in [0.5, 0.6) is 5.75 Å². The molecule has 6 heteroatoms. The van der Waals surface area contributed by atoms with E-state index in [1.165, 1.54) is 32.1 Å². The monoisotopic (exact) mass is 394 g/mol. The van der Waals surface area contributed by atoms with E-state index in [0.717, 1.165) is 17.7 Å². The van der Waals surface area contributed by atoms with Crippen LogP contribution in [0.3, 0.4) is 0 Å². The molecule has 2 rings (SSSR count). The number of thioether (sulfide) groups is 1. The quantitative estimate of drug-likeness (QED) is 0.355. The van der Waals surface area contributed by atoms with Gasteiger partial charge < -0.3 is 4.74 Å². The number of benzene rings is 1. The van der Waals surface area contributed by atoms with E-state index >= 15 is 0 Å². The van der Waals surface area contributed by atoms with Crippen LogP contribution in [0.1, 0.15) is 45.4 Å². The maximum absolute atomic E-state index is 5.97. The van der Waals surface area contributed by atoms with Gasteiger partial charge in [-0.2, -0.15) is 0 Å². The van der Waals surface area contributed by atoms with Gasteiger partial charge in [-0.25, -0.2) is 0 Å². The maximum atomic E-state index is 5.97. The van der Waals surface area contributed by atoms with E-state index in [4.69, 9.17) is 28.6 Å². The standard InChI is InChI=1S/C19H23ClN2OS2/c1-2-3-4-5-6-10-13-25-19(24)23-16-14-17(20)21-22-18(16)15-11-8-7-9-12-15/h7-9,11-12,14H,2-6,10,13H2,1H3. The van der Waals surface area contributed by atoms with Gasteiger partial charge in [0.15, 0.2) is 10.9 Å². The molecule has 0 unspecified atom stereocenters. The normalized spacial score (nSPS) is 10.6. The third kappa shape index (κ3) is 7.30. The van der Waals surface area contributed by atoms with Gasteiger partial charge in [-0.15, -0.1) is 10.2 Å². The number of unbranched alkanes of at least 4 members (excludes halogenated alkanes) is 5. The van der Waals surface area contributed by atoms with Crippen LogP contribution in [0.4, 0.5) is 0 Å². The number of ether oxygens (including phenoxy) is 1. The fourth-order valence-electron chi connectivity index (χ4n) is 2.38. The molecule has 0 aliphatic rings. The van der Waals surface area contributed by atoms with Crippen LogP contribution in [0.25, 0.3) is 11.3 Å². The van der Waals surface area contributed by atoms with Gasteiger partial charge >= 0.3 is 0 Å². The van der Waals surface area contributed by atoms with Crippen LogP contribution in [-0.4, -0.2) is 20.3 Å². The predicted octanol–water partition coefficient (Wildman–Crippen LogP) is 6.55. The van der Waals surface area contributed by atoms with Crippen LogP contribution in [0, 0.1) is 0 Å². The lowest BCUT2D eigenvalue weighted by Gasteiger charge is -2.10. The fraction of sp³-hybridized carbons (Fsp3) is 0.421. The van der Waals surface area contributed by atoms with Crippen molar-refractivity contribution in [2.75, 3.05) is 5.75 Å². The van der Waals surface area contributed by atoms with Crippen LogP contribution < -0.4 is 4.74 Å². The van der Waals surface area contributed by atoms with Gasteiger partial charge in [0.25, 0.3) is 0 Å². The zero-order chi connectivity index (χ0) is 17.9. The first-order valence-electron chi connectivity index (χ1n) is 8.64. The number of thiocarbonyl (C=S) groups is 1. The Morgan fingerprint density at radius 2 is 1.80 bits per heavy atom. The molecule has 3 nitrogen and oxygen atoms in total. The molecule has 25 heavy (non-hydrogen) atoms. The van der Waals surface area contributed by atoms with Crippen molar-refractivity contribution in [2.45, 2.75) is 45.4 Å². The van der Waals surface area contributed by atoms with Crippen molar-refractivity contribution >= 4 is 40.0 Å². The molecule has 0 amide bonds. The Morgan fingerprint density at radius 3 is 2.56 bits per heavy atom. The first-order valence-corrected chi connectivity index (χ1v) is 10.4. The van der Waals surface area contributed by atoms with E-state index in [1.54, 1.807) is 17.8 Å². The van der Waals surface area contributed by atoms with E-state index in [9.17, 15) is 0 Å². The topological polar surface area (TPSA) is 35.0 Å². The summed E-state index contributed by atoms with van der Waals surface area (Å²) in [5.41, 5.74) is 1.57. The molecular formula is C19H23ClN2OS2. The Kier molecular flexibility index (Phi) is 9.22. The minimum Gasteiger partial charge on any atom is -0.437 e. The Hall–Kier alpha value is -1.17. The molecule has 0 radical (unpaired) electrons. The summed E-state index contributed by atoms with van der Waals surface area (Å²) in [6, 6.07) is 11.4. The Bertz CT molecular complexity index is 668. The zero-order valence-electron chi connectivity index (χ0n) is 14.4. The van der Waals surface area contributed by atoms with Gasteiger partial charge in [-0.05, 0) is 18.6 Å². The van der Waals surface area contributed by atoms with E-state index < -0.39 is 0 Å². The van der Waals surface area contributed by atoms with E-state index in [0.29, 0.717) is 21.0 Å². The van der Waals surface area contributed by atoms with Crippen molar-refractivity contribution in [1.29, 1.82) is 0 Å². The molecule has 0 bridgehead atoms. The third-order valence-corrected chi connectivity index (χ3v) is 5.12. The Morgan fingerprint density at radius 1 is 1.08 bits per heavy atom. The highest BCUT2D eigenvalue weighted by atomic mass is 35.5. The smallest absolute Gasteiger partial charge is 0.225 e. The first-order chi connectivity index (χ1) is 12.2. The molecule has 0 N–H and O–H groups in total. The molecule has 0 atom stereocenters. The molecule has 1 aromatic heterocycles. The van der Waals surface area contributed by atoms with Gasteiger partial charge in [-0.1, -0.05) is 92.7 Å². The number of rotatable bonds is 9. The minimum absolute atomic E-state index is 0.290. The number of aromatic nitrogens is 2. The lowest BCUT2D eigenvalue weighted by Crippen LogP contribution is -2.04. The van der Waals surface area contributed by atoms with Crippen LogP contribution in [-0.2, 0) is 0 Å². The molecule has 0 aliphatic heterocycles. The minimum atomic E-state index is 0.290. The Labute approximate surface area is 164 Å². The van der Waals surface area contributed by atoms with Gasteiger partial charge in [0.2, 0.25) is 4.38 Å². The maximum Gasteiger partial charge on any atom is 0.225 e. The lowest BCUT2D eigenvalue weighted by atomic mass is 10.1. The molecule has 0 saturated heterocycles. The molecule has 1 aromatic carbocycles. The number of hydrogen-bond acceptors (Lipinski definition) is 5. The van der Waals surface area contributed by atoms with Gasteiger partial charge in [0.1, 0.15) is 5.69 Å². The predicted molar refractivity (Wildman–Crippen MR) is 112 cm³/mol. The molecule has 134 valence electrons.